The molecule has 3 rings (SSSR count). The lowest BCUT2D eigenvalue weighted by Crippen LogP contribution is -2.14. The van der Waals surface area contributed by atoms with Crippen molar-refractivity contribution in [1.82, 2.24) is 4.57 Å². The first kappa shape index (κ1) is 18.9. The van der Waals surface area contributed by atoms with E-state index in [4.69, 9.17) is 0 Å². The summed E-state index contributed by atoms with van der Waals surface area (Å²) in [7, 11) is -1.34. The zero-order valence-corrected chi connectivity index (χ0v) is 17.0. The van der Waals surface area contributed by atoms with E-state index in [1.54, 1.807) is 23.9 Å². The highest BCUT2D eigenvalue weighted by Crippen LogP contribution is 2.23. The molecular formula is C18H18N2O3S3. The van der Waals surface area contributed by atoms with E-state index >= 15 is 0 Å². The van der Waals surface area contributed by atoms with Crippen LogP contribution in [0.3, 0.4) is 0 Å². The second-order valence-corrected chi connectivity index (χ2v) is 9.78. The van der Waals surface area contributed by atoms with E-state index in [2.05, 4.69) is 17.1 Å². The molecule has 0 aliphatic carbocycles. The van der Waals surface area contributed by atoms with Crippen LogP contribution in [0.25, 0.3) is 10.2 Å². The number of sulfone groups is 1. The SMILES string of the molecule is CSc1ccc2c(c1)sc(=NC(=O)Cc1ccc(S(C)(=O)=O)cc1)n2C. The van der Waals surface area contributed by atoms with Gasteiger partial charge in [-0.15, -0.1) is 11.8 Å². The largest absolute Gasteiger partial charge is 0.319 e. The van der Waals surface area contributed by atoms with Gasteiger partial charge in [0.25, 0.3) is 5.91 Å². The first-order valence-electron chi connectivity index (χ1n) is 7.78. The summed E-state index contributed by atoms with van der Waals surface area (Å²) >= 11 is 3.16. The van der Waals surface area contributed by atoms with Gasteiger partial charge in [0, 0.05) is 18.2 Å². The fourth-order valence-corrected chi connectivity index (χ4v) is 4.74. The van der Waals surface area contributed by atoms with E-state index in [1.165, 1.54) is 28.4 Å². The van der Waals surface area contributed by atoms with Crippen LogP contribution in [0.1, 0.15) is 5.56 Å². The maximum atomic E-state index is 12.3. The summed E-state index contributed by atoms with van der Waals surface area (Å²) in [6, 6.07) is 12.5. The van der Waals surface area contributed by atoms with Gasteiger partial charge in [0.2, 0.25) is 0 Å². The predicted molar refractivity (Wildman–Crippen MR) is 106 cm³/mol. The van der Waals surface area contributed by atoms with Crippen molar-refractivity contribution < 1.29 is 13.2 Å². The molecule has 8 heteroatoms. The summed E-state index contributed by atoms with van der Waals surface area (Å²) in [6.45, 7) is 0. The summed E-state index contributed by atoms with van der Waals surface area (Å²) in [4.78, 5) is 18.6. The Morgan fingerprint density at radius 2 is 1.88 bits per heavy atom. The van der Waals surface area contributed by atoms with Crippen molar-refractivity contribution in [1.29, 1.82) is 0 Å². The summed E-state index contributed by atoms with van der Waals surface area (Å²) < 4.78 is 26.0. The molecule has 0 bridgehead atoms. The summed E-state index contributed by atoms with van der Waals surface area (Å²) in [6.07, 6.45) is 3.32. The van der Waals surface area contributed by atoms with Crippen molar-refractivity contribution >= 4 is 49.1 Å². The first-order valence-corrected chi connectivity index (χ1v) is 11.7. The van der Waals surface area contributed by atoms with Gasteiger partial charge in [-0.3, -0.25) is 4.79 Å². The molecule has 5 nitrogen and oxygen atoms in total. The lowest BCUT2D eigenvalue weighted by atomic mass is 10.1. The number of carbonyl (C=O) groups excluding carboxylic acids is 1. The minimum atomic E-state index is -3.23. The average Bonchev–Trinajstić information content (AvgIpc) is 2.89. The van der Waals surface area contributed by atoms with Gasteiger partial charge in [-0.25, -0.2) is 8.42 Å². The van der Waals surface area contributed by atoms with E-state index in [1.807, 2.05) is 23.9 Å². The Kier molecular flexibility index (Phi) is 5.36. The number of hydrogen-bond donors (Lipinski definition) is 0. The van der Waals surface area contributed by atoms with E-state index in [0.717, 1.165) is 22.0 Å². The van der Waals surface area contributed by atoms with Gasteiger partial charge in [0.15, 0.2) is 14.6 Å². The maximum Gasteiger partial charge on any atom is 0.252 e. The van der Waals surface area contributed by atoms with Gasteiger partial charge in [0.05, 0.1) is 21.5 Å². The van der Waals surface area contributed by atoms with Crippen molar-refractivity contribution in [2.45, 2.75) is 16.2 Å². The van der Waals surface area contributed by atoms with Crippen LogP contribution in [-0.4, -0.2) is 31.4 Å². The lowest BCUT2D eigenvalue weighted by molar-refractivity contribution is -0.117. The summed E-state index contributed by atoms with van der Waals surface area (Å²) in [5.41, 5.74) is 1.77. The monoisotopic (exact) mass is 406 g/mol. The minimum absolute atomic E-state index is 0.133. The maximum absolute atomic E-state index is 12.3. The normalized spacial score (nSPS) is 12.7. The molecular weight excluding hydrogens is 388 g/mol. The molecule has 0 unspecified atom stereocenters. The van der Waals surface area contributed by atoms with Crippen LogP contribution in [0.2, 0.25) is 0 Å². The zero-order valence-electron chi connectivity index (χ0n) is 14.6. The second kappa shape index (κ2) is 7.38. The number of hydrogen-bond acceptors (Lipinski definition) is 5. The number of amides is 1. The molecule has 1 aromatic heterocycles. The topological polar surface area (TPSA) is 68.5 Å². The third-order valence-electron chi connectivity index (χ3n) is 3.94. The fourth-order valence-electron chi connectivity index (χ4n) is 2.52. The second-order valence-electron chi connectivity index (χ2n) is 5.88. The molecule has 0 aliphatic heterocycles. The highest BCUT2D eigenvalue weighted by Gasteiger charge is 2.09. The molecule has 136 valence electrons. The molecule has 2 aromatic carbocycles. The molecule has 0 N–H and O–H groups in total. The van der Waals surface area contributed by atoms with Crippen LogP contribution in [0.4, 0.5) is 0 Å². The standard InChI is InChI=1S/C18H18N2O3S3/c1-20-15-9-6-13(24-2)11-16(15)25-18(20)19-17(21)10-12-4-7-14(8-5-12)26(3,22)23/h4-9,11H,10H2,1-3H3. The van der Waals surface area contributed by atoms with E-state index in [-0.39, 0.29) is 17.2 Å². The Bertz CT molecular complexity index is 1140. The number of benzene rings is 2. The van der Waals surface area contributed by atoms with Crippen LogP contribution in [0.5, 0.6) is 0 Å². The number of rotatable bonds is 4. The Hall–Kier alpha value is -1.90. The van der Waals surface area contributed by atoms with Gasteiger partial charge in [-0.1, -0.05) is 23.5 Å². The third-order valence-corrected chi connectivity index (χ3v) is 6.89. The molecule has 0 saturated carbocycles. The third kappa shape index (κ3) is 4.08. The lowest BCUT2D eigenvalue weighted by Gasteiger charge is -2.01. The number of thioether (sulfide) groups is 1. The molecule has 0 fully saturated rings. The predicted octanol–water partition coefficient (Wildman–Crippen LogP) is 3.04. The molecule has 0 atom stereocenters. The Morgan fingerprint density at radius 3 is 2.50 bits per heavy atom. The number of fused-ring (bicyclic) bond motifs is 1. The van der Waals surface area contributed by atoms with Gasteiger partial charge >= 0.3 is 0 Å². The van der Waals surface area contributed by atoms with Gasteiger partial charge in [-0.2, -0.15) is 4.99 Å². The van der Waals surface area contributed by atoms with Gasteiger partial charge < -0.3 is 4.57 Å². The highest BCUT2D eigenvalue weighted by molar-refractivity contribution is 7.98. The summed E-state index contributed by atoms with van der Waals surface area (Å²) in [5.74, 6) is -0.260. The Labute approximate surface area is 160 Å². The number of thiazole rings is 1. The molecule has 0 saturated heterocycles. The van der Waals surface area contributed by atoms with E-state index in [0.29, 0.717) is 4.80 Å². The molecule has 26 heavy (non-hydrogen) atoms. The minimum Gasteiger partial charge on any atom is -0.319 e. The molecule has 0 spiro atoms. The quantitative estimate of drug-likeness (QED) is 0.625. The molecule has 0 aliphatic rings. The number of aromatic nitrogens is 1. The van der Waals surface area contributed by atoms with Gasteiger partial charge in [0.1, 0.15) is 0 Å². The van der Waals surface area contributed by atoms with E-state index < -0.39 is 9.84 Å². The average molecular weight is 407 g/mol. The van der Waals surface area contributed by atoms with Crippen LogP contribution < -0.4 is 4.80 Å². The smallest absolute Gasteiger partial charge is 0.252 e. The van der Waals surface area contributed by atoms with Crippen LogP contribution >= 0.6 is 23.1 Å². The van der Waals surface area contributed by atoms with Crippen LogP contribution in [0, 0.1) is 0 Å². The number of carbonyl (C=O) groups is 1. The van der Waals surface area contributed by atoms with Crippen LogP contribution in [0.15, 0.2) is 57.2 Å². The van der Waals surface area contributed by atoms with Crippen molar-refractivity contribution in [2.24, 2.45) is 12.0 Å². The Balaban J connectivity index is 1.87. The molecule has 1 heterocycles. The van der Waals surface area contributed by atoms with Crippen molar-refractivity contribution in [2.75, 3.05) is 12.5 Å². The molecule has 0 radical (unpaired) electrons. The van der Waals surface area contributed by atoms with Crippen molar-refractivity contribution in [3.8, 4) is 0 Å². The molecule has 3 aromatic rings. The fraction of sp³-hybridized carbons (Fsp3) is 0.222. The van der Waals surface area contributed by atoms with Crippen molar-refractivity contribution in [3.63, 3.8) is 0 Å². The number of nitrogens with zero attached hydrogens (tertiary/aromatic N) is 2. The first-order chi connectivity index (χ1) is 12.3. The molecule has 1 amide bonds. The van der Waals surface area contributed by atoms with Gasteiger partial charge in [-0.05, 0) is 42.2 Å². The van der Waals surface area contributed by atoms with Crippen molar-refractivity contribution in [3.05, 3.63) is 52.8 Å². The van der Waals surface area contributed by atoms with Crippen LogP contribution in [-0.2, 0) is 28.1 Å². The zero-order chi connectivity index (χ0) is 18.9. The summed E-state index contributed by atoms with van der Waals surface area (Å²) in [5, 5.41) is 0. The van der Waals surface area contributed by atoms with E-state index in [9.17, 15) is 13.2 Å². The number of aryl methyl sites for hydroxylation is 1. The Morgan fingerprint density at radius 1 is 1.19 bits per heavy atom. The highest BCUT2D eigenvalue weighted by atomic mass is 32.2.